The zero-order valence-electron chi connectivity index (χ0n) is 14.8. The highest BCUT2D eigenvalue weighted by Crippen LogP contribution is 2.30. The van der Waals surface area contributed by atoms with Gasteiger partial charge in [-0.1, -0.05) is 0 Å². The zero-order valence-corrected chi connectivity index (χ0v) is 14.8. The SMILES string of the molecule is COc1ncccc1-c1cnn2ccc(CCCCN(C)C(=O)O)nc12. The van der Waals surface area contributed by atoms with Crippen molar-refractivity contribution < 1.29 is 14.6 Å². The highest BCUT2D eigenvalue weighted by atomic mass is 16.5. The minimum absolute atomic E-state index is 0.516. The Labute approximate surface area is 151 Å². The Morgan fingerprint density at radius 3 is 2.92 bits per heavy atom. The van der Waals surface area contributed by atoms with Crippen LogP contribution in [0.1, 0.15) is 18.5 Å². The summed E-state index contributed by atoms with van der Waals surface area (Å²) in [6.45, 7) is 0.516. The van der Waals surface area contributed by atoms with Crippen LogP contribution in [0.15, 0.2) is 36.8 Å². The number of rotatable bonds is 7. The fourth-order valence-electron chi connectivity index (χ4n) is 2.74. The molecule has 8 nitrogen and oxygen atoms in total. The van der Waals surface area contributed by atoms with Crippen molar-refractivity contribution >= 4 is 11.7 Å². The molecule has 3 aromatic heterocycles. The van der Waals surface area contributed by atoms with Gasteiger partial charge in [0.2, 0.25) is 5.88 Å². The number of methoxy groups -OCH3 is 1. The van der Waals surface area contributed by atoms with Crippen LogP contribution < -0.4 is 4.74 Å². The Morgan fingerprint density at radius 1 is 1.31 bits per heavy atom. The average molecular weight is 355 g/mol. The van der Waals surface area contributed by atoms with E-state index in [1.165, 1.54) is 4.90 Å². The Hall–Kier alpha value is -3.16. The highest BCUT2D eigenvalue weighted by molar-refractivity contribution is 5.79. The quantitative estimate of drug-likeness (QED) is 0.655. The van der Waals surface area contributed by atoms with E-state index < -0.39 is 6.09 Å². The normalized spacial score (nSPS) is 10.8. The maximum atomic E-state index is 10.8. The molecule has 0 saturated carbocycles. The van der Waals surface area contributed by atoms with E-state index in [0.29, 0.717) is 12.4 Å². The van der Waals surface area contributed by atoms with Gasteiger partial charge in [-0.05, 0) is 37.5 Å². The molecule has 0 aliphatic carbocycles. The third-order valence-electron chi connectivity index (χ3n) is 4.18. The first-order valence-corrected chi connectivity index (χ1v) is 8.37. The molecule has 0 saturated heterocycles. The number of carboxylic acid groups (broad SMARTS) is 1. The van der Waals surface area contributed by atoms with E-state index in [0.717, 1.165) is 41.7 Å². The van der Waals surface area contributed by atoms with Crippen LogP contribution in [-0.2, 0) is 6.42 Å². The van der Waals surface area contributed by atoms with Gasteiger partial charge in [0, 0.05) is 37.2 Å². The Morgan fingerprint density at radius 2 is 2.15 bits per heavy atom. The predicted octanol–water partition coefficient (Wildman–Crippen LogP) is 2.73. The molecule has 0 radical (unpaired) electrons. The van der Waals surface area contributed by atoms with Gasteiger partial charge in [-0.3, -0.25) is 0 Å². The van der Waals surface area contributed by atoms with Crippen LogP contribution in [0.25, 0.3) is 16.8 Å². The maximum Gasteiger partial charge on any atom is 0.407 e. The number of ether oxygens (including phenoxy) is 1. The van der Waals surface area contributed by atoms with Gasteiger partial charge in [0.05, 0.1) is 18.9 Å². The van der Waals surface area contributed by atoms with E-state index in [2.05, 4.69) is 10.1 Å². The molecular formula is C18H21N5O3. The van der Waals surface area contributed by atoms with Gasteiger partial charge in [-0.25, -0.2) is 19.3 Å². The lowest BCUT2D eigenvalue weighted by molar-refractivity contribution is 0.155. The number of aryl methyl sites for hydroxylation is 1. The number of pyridine rings is 1. The van der Waals surface area contributed by atoms with Crippen LogP contribution in [0, 0.1) is 0 Å². The molecule has 3 heterocycles. The summed E-state index contributed by atoms with van der Waals surface area (Å²) in [6, 6.07) is 5.72. The molecule has 0 aliphatic heterocycles. The zero-order chi connectivity index (χ0) is 18.5. The molecule has 8 heteroatoms. The Balaban J connectivity index is 1.77. The standard InChI is InChI=1S/C18H21N5O3/c1-22(18(24)25)10-4-3-6-13-8-11-23-16(21-13)15(12-20-23)14-7-5-9-19-17(14)26-2/h5,7-9,11-12H,3-4,6,10H2,1-2H3,(H,24,25). The number of amides is 1. The van der Waals surface area contributed by atoms with Crippen molar-refractivity contribution in [3.05, 3.63) is 42.5 Å². The first-order valence-electron chi connectivity index (χ1n) is 8.37. The second-order valence-electron chi connectivity index (χ2n) is 5.97. The van der Waals surface area contributed by atoms with Crippen LogP contribution in [0.3, 0.4) is 0 Å². The molecule has 0 aromatic carbocycles. The minimum Gasteiger partial charge on any atom is -0.481 e. The van der Waals surface area contributed by atoms with Crippen molar-refractivity contribution in [3.8, 4) is 17.0 Å². The Bertz CT molecular complexity index is 909. The van der Waals surface area contributed by atoms with E-state index >= 15 is 0 Å². The summed E-state index contributed by atoms with van der Waals surface area (Å²) in [5.74, 6) is 0.534. The summed E-state index contributed by atoms with van der Waals surface area (Å²) in [5.41, 5.74) is 3.40. The number of carbonyl (C=O) groups is 1. The molecule has 1 N–H and O–H groups in total. The second-order valence-corrected chi connectivity index (χ2v) is 5.97. The van der Waals surface area contributed by atoms with Crippen molar-refractivity contribution in [1.82, 2.24) is 24.5 Å². The van der Waals surface area contributed by atoms with E-state index in [1.54, 1.807) is 31.1 Å². The monoisotopic (exact) mass is 355 g/mol. The second kappa shape index (κ2) is 7.81. The molecule has 0 fully saturated rings. The van der Waals surface area contributed by atoms with Crippen molar-refractivity contribution in [2.24, 2.45) is 0 Å². The van der Waals surface area contributed by atoms with E-state index in [1.807, 2.05) is 24.4 Å². The largest absolute Gasteiger partial charge is 0.481 e. The fourth-order valence-corrected chi connectivity index (χ4v) is 2.74. The summed E-state index contributed by atoms with van der Waals surface area (Å²) >= 11 is 0. The van der Waals surface area contributed by atoms with Gasteiger partial charge in [0.1, 0.15) is 0 Å². The Kier molecular flexibility index (Phi) is 5.31. The minimum atomic E-state index is -0.904. The van der Waals surface area contributed by atoms with Gasteiger partial charge >= 0.3 is 6.09 Å². The molecule has 1 amide bonds. The topological polar surface area (TPSA) is 92.9 Å². The molecule has 136 valence electrons. The summed E-state index contributed by atoms with van der Waals surface area (Å²) in [7, 11) is 3.16. The lowest BCUT2D eigenvalue weighted by Gasteiger charge is -2.12. The van der Waals surface area contributed by atoms with Crippen LogP contribution in [0.2, 0.25) is 0 Å². The van der Waals surface area contributed by atoms with Gasteiger partial charge in [-0.15, -0.1) is 0 Å². The van der Waals surface area contributed by atoms with Crippen molar-refractivity contribution in [3.63, 3.8) is 0 Å². The highest BCUT2D eigenvalue weighted by Gasteiger charge is 2.14. The van der Waals surface area contributed by atoms with Gasteiger partial charge in [0.25, 0.3) is 0 Å². The van der Waals surface area contributed by atoms with Crippen molar-refractivity contribution in [1.29, 1.82) is 0 Å². The molecule has 3 aromatic rings. The molecule has 26 heavy (non-hydrogen) atoms. The smallest absolute Gasteiger partial charge is 0.407 e. The number of aromatic nitrogens is 4. The van der Waals surface area contributed by atoms with Crippen LogP contribution in [0.4, 0.5) is 4.79 Å². The molecule has 3 rings (SSSR count). The van der Waals surface area contributed by atoms with E-state index in [9.17, 15) is 4.79 Å². The summed E-state index contributed by atoms with van der Waals surface area (Å²) in [4.78, 5) is 21.0. The van der Waals surface area contributed by atoms with E-state index in [4.69, 9.17) is 14.8 Å². The van der Waals surface area contributed by atoms with Crippen LogP contribution in [-0.4, -0.2) is 56.4 Å². The average Bonchev–Trinajstić information content (AvgIpc) is 3.08. The van der Waals surface area contributed by atoms with Gasteiger partial charge in [0.15, 0.2) is 5.65 Å². The number of nitrogens with zero attached hydrogens (tertiary/aromatic N) is 5. The molecule has 0 spiro atoms. The van der Waals surface area contributed by atoms with Crippen molar-refractivity contribution in [2.75, 3.05) is 20.7 Å². The van der Waals surface area contributed by atoms with Crippen LogP contribution in [0.5, 0.6) is 5.88 Å². The number of hydrogen-bond donors (Lipinski definition) is 1. The summed E-state index contributed by atoms with van der Waals surface area (Å²) < 4.78 is 7.07. The lowest BCUT2D eigenvalue weighted by atomic mass is 10.1. The first-order chi connectivity index (χ1) is 12.6. The van der Waals surface area contributed by atoms with Crippen molar-refractivity contribution in [2.45, 2.75) is 19.3 Å². The van der Waals surface area contributed by atoms with Gasteiger partial charge in [-0.2, -0.15) is 5.10 Å². The maximum absolute atomic E-state index is 10.8. The molecule has 0 bridgehead atoms. The number of unbranched alkanes of at least 4 members (excludes halogenated alkanes) is 1. The predicted molar refractivity (Wildman–Crippen MR) is 96.4 cm³/mol. The lowest BCUT2D eigenvalue weighted by Crippen LogP contribution is -2.25. The molecule has 0 unspecified atom stereocenters. The fraction of sp³-hybridized carbons (Fsp3) is 0.333. The first kappa shape index (κ1) is 17.7. The summed E-state index contributed by atoms with van der Waals surface area (Å²) in [5, 5.41) is 13.2. The molecule has 0 atom stereocenters. The third kappa shape index (κ3) is 3.74. The summed E-state index contributed by atoms with van der Waals surface area (Å²) in [6.07, 6.45) is 6.85. The van der Waals surface area contributed by atoms with Crippen LogP contribution >= 0.6 is 0 Å². The number of hydrogen-bond acceptors (Lipinski definition) is 5. The molecule has 0 aliphatic rings. The van der Waals surface area contributed by atoms with E-state index in [-0.39, 0.29) is 0 Å². The van der Waals surface area contributed by atoms with Gasteiger partial charge < -0.3 is 14.7 Å². The third-order valence-corrected chi connectivity index (χ3v) is 4.18. The molecular weight excluding hydrogens is 334 g/mol. The number of fused-ring (bicyclic) bond motifs is 1.